The standard InChI is InChI=1S/C16H17ClO/c1-12(2)14-5-9-16(10-6-14)18-15-7-3-13(11-17)4-8-15/h3-10,12H,11H2,1-2H3. The first-order valence-electron chi connectivity index (χ1n) is 6.12. The third-order valence-electron chi connectivity index (χ3n) is 2.86. The average molecular weight is 261 g/mol. The molecule has 94 valence electrons. The fourth-order valence-corrected chi connectivity index (χ4v) is 1.88. The van der Waals surface area contributed by atoms with Crippen LogP contribution in [0, 0.1) is 0 Å². The summed E-state index contributed by atoms with van der Waals surface area (Å²) in [6.45, 7) is 4.36. The molecule has 18 heavy (non-hydrogen) atoms. The second-order valence-corrected chi connectivity index (χ2v) is 4.87. The minimum absolute atomic E-state index is 0.531. The molecule has 2 rings (SSSR count). The van der Waals surface area contributed by atoms with Gasteiger partial charge in [0.25, 0.3) is 0 Å². The van der Waals surface area contributed by atoms with E-state index >= 15 is 0 Å². The van der Waals surface area contributed by atoms with E-state index in [2.05, 4.69) is 26.0 Å². The first-order chi connectivity index (χ1) is 8.69. The van der Waals surface area contributed by atoms with Gasteiger partial charge in [-0.1, -0.05) is 38.1 Å². The lowest BCUT2D eigenvalue weighted by Gasteiger charge is -2.08. The molecule has 0 radical (unpaired) electrons. The largest absolute Gasteiger partial charge is 0.457 e. The van der Waals surface area contributed by atoms with Crippen molar-refractivity contribution in [2.24, 2.45) is 0 Å². The minimum atomic E-state index is 0.531. The predicted octanol–water partition coefficient (Wildman–Crippen LogP) is 5.34. The summed E-state index contributed by atoms with van der Waals surface area (Å²) < 4.78 is 5.77. The van der Waals surface area contributed by atoms with Crippen LogP contribution in [0.2, 0.25) is 0 Å². The minimum Gasteiger partial charge on any atom is -0.457 e. The number of hydrogen-bond donors (Lipinski definition) is 0. The molecule has 0 atom stereocenters. The van der Waals surface area contributed by atoms with Crippen molar-refractivity contribution >= 4 is 11.6 Å². The molecular formula is C16H17ClO. The molecule has 0 unspecified atom stereocenters. The predicted molar refractivity (Wildman–Crippen MR) is 76.6 cm³/mol. The quantitative estimate of drug-likeness (QED) is 0.674. The zero-order valence-electron chi connectivity index (χ0n) is 10.7. The molecule has 2 aromatic rings. The molecule has 0 heterocycles. The van der Waals surface area contributed by atoms with Gasteiger partial charge in [0, 0.05) is 5.88 Å². The topological polar surface area (TPSA) is 9.23 Å². The van der Waals surface area contributed by atoms with E-state index in [1.54, 1.807) is 0 Å². The molecule has 2 heteroatoms. The van der Waals surface area contributed by atoms with Crippen LogP contribution in [-0.4, -0.2) is 0 Å². The van der Waals surface area contributed by atoms with Crippen LogP contribution >= 0.6 is 11.6 Å². The van der Waals surface area contributed by atoms with Gasteiger partial charge >= 0.3 is 0 Å². The van der Waals surface area contributed by atoms with E-state index in [1.165, 1.54) is 5.56 Å². The van der Waals surface area contributed by atoms with Gasteiger partial charge < -0.3 is 4.74 Å². The maximum atomic E-state index is 5.77. The van der Waals surface area contributed by atoms with E-state index in [0.29, 0.717) is 11.8 Å². The lowest BCUT2D eigenvalue weighted by atomic mass is 10.0. The molecule has 0 aliphatic heterocycles. The van der Waals surface area contributed by atoms with Crippen LogP contribution in [0.3, 0.4) is 0 Å². The molecule has 2 aromatic carbocycles. The van der Waals surface area contributed by atoms with Crippen LogP contribution in [0.4, 0.5) is 0 Å². The van der Waals surface area contributed by atoms with E-state index in [9.17, 15) is 0 Å². The molecule has 0 fully saturated rings. The first-order valence-corrected chi connectivity index (χ1v) is 6.65. The van der Waals surface area contributed by atoms with Crippen molar-refractivity contribution in [3.05, 3.63) is 59.7 Å². The molecule has 0 aliphatic rings. The molecule has 0 saturated heterocycles. The highest BCUT2D eigenvalue weighted by atomic mass is 35.5. The number of halogens is 1. The van der Waals surface area contributed by atoms with Crippen molar-refractivity contribution in [3.63, 3.8) is 0 Å². The molecule has 0 N–H and O–H groups in total. The number of rotatable bonds is 4. The van der Waals surface area contributed by atoms with Crippen molar-refractivity contribution in [2.45, 2.75) is 25.6 Å². The third-order valence-corrected chi connectivity index (χ3v) is 3.17. The smallest absolute Gasteiger partial charge is 0.127 e. The Kier molecular flexibility index (Phi) is 4.27. The average Bonchev–Trinajstić information content (AvgIpc) is 2.40. The maximum absolute atomic E-state index is 5.77. The van der Waals surface area contributed by atoms with Gasteiger partial charge in [0.1, 0.15) is 11.5 Å². The highest BCUT2D eigenvalue weighted by Crippen LogP contribution is 2.24. The van der Waals surface area contributed by atoms with Gasteiger partial charge in [-0.3, -0.25) is 0 Å². The summed E-state index contributed by atoms with van der Waals surface area (Å²) in [5, 5.41) is 0. The van der Waals surface area contributed by atoms with Crippen molar-refractivity contribution in [1.29, 1.82) is 0 Å². The van der Waals surface area contributed by atoms with Crippen LogP contribution in [0.1, 0.15) is 30.9 Å². The van der Waals surface area contributed by atoms with E-state index < -0.39 is 0 Å². The van der Waals surface area contributed by atoms with Gasteiger partial charge in [0.05, 0.1) is 0 Å². The molecule has 0 spiro atoms. The van der Waals surface area contributed by atoms with E-state index in [4.69, 9.17) is 16.3 Å². The molecule has 0 bridgehead atoms. The van der Waals surface area contributed by atoms with Crippen LogP contribution < -0.4 is 4.74 Å². The Balaban J connectivity index is 2.08. The molecule has 0 amide bonds. The molecular weight excluding hydrogens is 244 g/mol. The van der Waals surface area contributed by atoms with Crippen molar-refractivity contribution < 1.29 is 4.74 Å². The Morgan fingerprint density at radius 2 is 1.39 bits per heavy atom. The second-order valence-electron chi connectivity index (χ2n) is 4.60. The number of benzene rings is 2. The normalized spacial score (nSPS) is 10.7. The van der Waals surface area contributed by atoms with Crippen LogP contribution in [-0.2, 0) is 5.88 Å². The zero-order chi connectivity index (χ0) is 13.0. The van der Waals surface area contributed by atoms with Gasteiger partial charge in [0.15, 0.2) is 0 Å². The van der Waals surface area contributed by atoms with E-state index in [0.717, 1.165) is 17.1 Å². The molecule has 0 aromatic heterocycles. The summed E-state index contributed by atoms with van der Waals surface area (Å²) in [4.78, 5) is 0. The van der Waals surface area contributed by atoms with Crippen molar-refractivity contribution in [1.82, 2.24) is 0 Å². The zero-order valence-corrected chi connectivity index (χ0v) is 11.4. The Morgan fingerprint density at radius 3 is 1.83 bits per heavy atom. The monoisotopic (exact) mass is 260 g/mol. The Hall–Kier alpha value is -1.47. The van der Waals surface area contributed by atoms with Crippen LogP contribution in [0.15, 0.2) is 48.5 Å². The Morgan fingerprint density at radius 1 is 0.889 bits per heavy atom. The third kappa shape index (κ3) is 3.27. The molecule has 1 nitrogen and oxygen atoms in total. The van der Waals surface area contributed by atoms with Gasteiger partial charge in [-0.15, -0.1) is 11.6 Å². The maximum Gasteiger partial charge on any atom is 0.127 e. The fourth-order valence-electron chi connectivity index (χ4n) is 1.70. The second kappa shape index (κ2) is 5.92. The summed E-state index contributed by atoms with van der Waals surface area (Å²) in [6, 6.07) is 16.0. The summed E-state index contributed by atoms with van der Waals surface area (Å²) >= 11 is 5.75. The van der Waals surface area contributed by atoms with Gasteiger partial charge in [-0.25, -0.2) is 0 Å². The Labute approximate surface area is 113 Å². The lowest BCUT2D eigenvalue weighted by Crippen LogP contribution is -1.88. The van der Waals surface area contributed by atoms with Crippen molar-refractivity contribution in [2.75, 3.05) is 0 Å². The number of alkyl halides is 1. The van der Waals surface area contributed by atoms with Gasteiger partial charge in [-0.05, 0) is 41.3 Å². The highest BCUT2D eigenvalue weighted by Gasteiger charge is 2.01. The summed E-state index contributed by atoms with van der Waals surface area (Å²) in [5.41, 5.74) is 2.42. The Bertz CT molecular complexity index is 486. The summed E-state index contributed by atoms with van der Waals surface area (Å²) in [6.07, 6.45) is 0. The lowest BCUT2D eigenvalue weighted by molar-refractivity contribution is 0.482. The van der Waals surface area contributed by atoms with Crippen LogP contribution in [0.5, 0.6) is 11.5 Å². The molecule has 0 aliphatic carbocycles. The van der Waals surface area contributed by atoms with Gasteiger partial charge in [-0.2, -0.15) is 0 Å². The summed E-state index contributed by atoms with van der Waals surface area (Å²) in [7, 11) is 0. The number of ether oxygens (including phenoxy) is 1. The fraction of sp³-hybridized carbons (Fsp3) is 0.250. The van der Waals surface area contributed by atoms with E-state index in [-0.39, 0.29) is 0 Å². The van der Waals surface area contributed by atoms with Gasteiger partial charge in [0.2, 0.25) is 0 Å². The summed E-state index contributed by atoms with van der Waals surface area (Å²) in [5.74, 6) is 2.77. The SMILES string of the molecule is CC(C)c1ccc(Oc2ccc(CCl)cc2)cc1. The number of hydrogen-bond acceptors (Lipinski definition) is 1. The highest BCUT2D eigenvalue weighted by molar-refractivity contribution is 6.17. The van der Waals surface area contributed by atoms with Crippen molar-refractivity contribution in [3.8, 4) is 11.5 Å². The van der Waals surface area contributed by atoms with E-state index in [1.807, 2.05) is 36.4 Å². The molecule has 0 saturated carbocycles. The first kappa shape index (κ1) is 13.0. The van der Waals surface area contributed by atoms with Crippen LogP contribution in [0.25, 0.3) is 0 Å².